The summed E-state index contributed by atoms with van der Waals surface area (Å²) in [7, 11) is 0. The molecule has 1 aromatic rings. The first-order valence-electron chi connectivity index (χ1n) is 4.41. The van der Waals surface area contributed by atoms with Crippen LogP contribution in [0, 0.1) is 11.3 Å². The quantitative estimate of drug-likeness (QED) is 0.855. The van der Waals surface area contributed by atoms with Gasteiger partial charge in [0.25, 0.3) is 12.0 Å². The van der Waals surface area contributed by atoms with E-state index in [1.807, 2.05) is 0 Å². The van der Waals surface area contributed by atoms with Gasteiger partial charge in [0, 0.05) is 17.2 Å². The number of aromatic amines is 1. The van der Waals surface area contributed by atoms with E-state index < -0.39 is 41.8 Å². The van der Waals surface area contributed by atoms with Crippen LogP contribution in [0.3, 0.4) is 0 Å². The van der Waals surface area contributed by atoms with Crippen molar-refractivity contribution < 1.29 is 26.7 Å². The minimum absolute atomic E-state index is 0.353. The third-order valence-electron chi connectivity index (χ3n) is 1.86. The predicted octanol–water partition coefficient (Wildman–Crippen LogP) is 2.28. The number of alkyl halides is 5. The molecule has 1 heterocycles. The largest absolute Gasteiger partial charge is 0.574 e. The summed E-state index contributed by atoms with van der Waals surface area (Å²) in [4.78, 5) is 12.9. The van der Waals surface area contributed by atoms with Gasteiger partial charge in [-0.05, 0) is 0 Å². The summed E-state index contributed by atoms with van der Waals surface area (Å²) < 4.78 is 64.0. The Morgan fingerprint density at radius 3 is 2.50 bits per heavy atom. The highest BCUT2D eigenvalue weighted by Gasteiger charge is 2.32. The average Bonchev–Trinajstić information content (AvgIpc) is 2.19. The van der Waals surface area contributed by atoms with Crippen LogP contribution in [0.15, 0.2) is 10.9 Å². The summed E-state index contributed by atoms with van der Waals surface area (Å²) in [6.07, 6.45) is -8.94. The molecule has 0 aliphatic carbocycles. The molecule has 0 spiro atoms. The van der Waals surface area contributed by atoms with Crippen molar-refractivity contribution in [2.24, 2.45) is 0 Å². The van der Waals surface area contributed by atoms with Crippen LogP contribution in [0.25, 0.3) is 0 Å². The van der Waals surface area contributed by atoms with Crippen LogP contribution >= 0.6 is 0 Å². The van der Waals surface area contributed by atoms with Gasteiger partial charge in [-0.15, -0.1) is 13.2 Å². The van der Waals surface area contributed by atoms with E-state index in [0.29, 0.717) is 6.07 Å². The maximum atomic E-state index is 12.5. The molecule has 0 fully saturated rings. The molecule has 0 aliphatic rings. The fourth-order valence-corrected chi connectivity index (χ4v) is 1.22. The molecular weight excluding hydrogens is 263 g/mol. The lowest BCUT2D eigenvalue weighted by atomic mass is 10.1. The van der Waals surface area contributed by atoms with Crippen LogP contribution in [0.1, 0.15) is 17.6 Å². The van der Waals surface area contributed by atoms with Crippen LogP contribution in [0.5, 0.6) is 5.88 Å². The Morgan fingerprint density at radius 1 is 1.44 bits per heavy atom. The van der Waals surface area contributed by atoms with E-state index in [0.717, 1.165) is 0 Å². The molecule has 0 atom stereocenters. The van der Waals surface area contributed by atoms with Crippen LogP contribution in [0.2, 0.25) is 0 Å². The molecule has 1 rings (SSSR count). The summed E-state index contributed by atoms with van der Waals surface area (Å²) >= 11 is 0. The number of ether oxygens (including phenoxy) is 1. The van der Waals surface area contributed by atoms with E-state index in [1.54, 1.807) is 4.98 Å². The van der Waals surface area contributed by atoms with Crippen molar-refractivity contribution in [1.82, 2.24) is 4.98 Å². The summed E-state index contributed by atoms with van der Waals surface area (Å²) in [6, 6.07) is 1.82. The van der Waals surface area contributed by atoms with Gasteiger partial charge in [-0.2, -0.15) is 5.26 Å². The van der Waals surface area contributed by atoms with Crippen molar-refractivity contribution in [3.63, 3.8) is 0 Å². The van der Waals surface area contributed by atoms with Crippen molar-refractivity contribution in [2.45, 2.75) is 19.2 Å². The van der Waals surface area contributed by atoms with Crippen molar-refractivity contribution in [2.75, 3.05) is 0 Å². The first-order chi connectivity index (χ1) is 8.24. The first-order valence-corrected chi connectivity index (χ1v) is 4.41. The monoisotopic (exact) mass is 268 g/mol. The minimum Gasteiger partial charge on any atom is -0.390 e. The van der Waals surface area contributed by atoms with Crippen molar-refractivity contribution in [1.29, 1.82) is 5.26 Å². The zero-order chi connectivity index (χ0) is 13.9. The van der Waals surface area contributed by atoms with Crippen LogP contribution in [-0.4, -0.2) is 11.3 Å². The summed E-state index contributed by atoms with van der Waals surface area (Å²) in [5, 5.41) is 8.35. The minimum atomic E-state index is -5.11. The highest BCUT2D eigenvalue weighted by Crippen LogP contribution is 2.26. The molecule has 0 radical (unpaired) electrons. The summed E-state index contributed by atoms with van der Waals surface area (Å²) in [6.45, 7) is 0. The first kappa shape index (κ1) is 14.0. The van der Waals surface area contributed by atoms with E-state index in [2.05, 4.69) is 4.74 Å². The van der Waals surface area contributed by atoms with Gasteiger partial charge < -0.3 is 4.74 Å². The molecule has 18 heavy (non-hydrogen) atoms. The molecule has 0 saturated heterocycles. The number of rotatable bonds is 3. The van der Waals surface area contributed by atoms with Gasteiger partial charge in [-0.3, -0.25) is 9.78 Å². The predicted molar refractivity (Wildman–Crippen MR) is 48.0 cm³/mol. The fraction of sp³-hybridized carbons (Fsp3) is 0.333. The Hall–Kier alpha value is -2.11. The average molecular weight is 268 g/mol. The number of aromatic nitrogens is 1. The number of hydrogen-bond acceptors (Lipinski definition) is 3. The molecule has 0 aromatic carbocycles. The zero-order valence-electron chi connectivity index (χ0n) is 8.52. The Morgan fingerprint density at radius 2 is 2.06 bits per heavy atom. The molecule has 0 saturated carbocycles. The molecule has 0 bridgehead atoms. The van der Waals surface area contributed by atoms with Gasteiger partial charge >= 0.3 is 6.36 Å². The number of H-pyrrole nitrogens is 1. The van der Waals surface area contributed by atoms with Gasteiger partial charge in [0.2, 0.25) is 5.88 Å². The lowest BCUT2D eigenvalue weighted by molar-refractivity contribution is -0.276. The van der Waals surface area contributed by atoms with Gasteiger partial charge in [-0.1, -0.05) is 0 Å². The summed E-state index contributed by atoms with van der Waals surface area (Å²) in [5.74, 6) is -1.15. The molecule has 0 aliphatic heterocycles. The standard InChI is InChI=1S/C9H5F5N2O2/c10-7(11)5-3-6(18-9(12,13)14)16-8(17)4(5)1-2-15/h3,7H,1H2,(H,16,17). The number of nitrogens with zero attached hydrogens (tertiary/aromatic N) is 1. The molecular formula is C9H5F5N2O2. The Balaban J connectivity index is 3.29. The molecule has 1 N–H and O–H groups in total. The van der Waals surface area contributed by atoms with Crippen LogP contribution in [0.4, 0.5) is 22.0 Å². The van der Waals surface area contributed by atoms with E-state index in [9.17, 15) is 26.7 Å². The molecule has 9 heteroatoms. The van der Waals surface area contributed by atoms with Crippen LogP contribution < -0.4 is 10.3 Å². The second kappa shape index (κ2) is 5.03. The van der Waals surface area contributed by atoms with Gasteiger partial charge in [0.1, 0.15) is 0 Å². The SMILES string of the molecule is N#CCc1c(C(F)F)cc(OC(F)(F)F)[nH]c1=O. The maximum Gasteiger partial charge on any atom is 0.574 e. The van der Waals surface area contributed by atoms with E-state index >= 15 is 0 Å². The number of pyridine rings is 1. The topological polar surface area (TPSA) is 65.9 Å². The van der Waals surface area contributed by atoms with Crippen molar-refractivity contribution in [3.8, 4) is 11.9 Å². The Labute approximate surface area is 96.6 Å². The lowest BCUT2D eigenvalue weighted by Gasteiger charge is -2.11. The molecule has 98 valence electrons. The molecule has 0 amide bonds. The van der Waals surface area contributed by atoms with Crippen molar-refractivity contribution >= 4 is 0 Å². The van der Waals surface area contributed by atoms with E-state index in [1.165, 1.54) is 6.07 Å². The van der Waals surface area contributed by atoms with E-state index in [4.69, 9.17) is 5.26 Å². The van der Waals surface area contributed by atoms with Gasteiger partial charge in [0.05, 0.1) is 12.5 Å². The molecule has 4 nitrogen and oxygen atoms in total. The number of nitrogens with one attached hydrogen (secondary N) is 1. The number of hydrogen-bond donors (Lipinski definition) is 1. The van der Waals surface area contributed by atoms with Crippen LogP contribution in [-0.2, 0) is 6.42 Å². The third-order valence-corrected chi connectivity index (χ3v) is 1.86. The normalized spacial score (nSPS) is 11.4. The Kier molecular flexibility index (Phi) is 3.90. The molecule has 1 aromatic heterocycles. The third kappa shape index (κ3) is 3.44. The lowest BCUT2D eigenvalue weighted by Crippen LogP contribution is -2.22. The number of nitriles is 1. The second-order valence-corrected chi connectivity index (χ2v) is 3.08. The Bertz CT molecular complexity index is 529. The van der Waals surface area contributed by atoms with Gasteiger partial charge in [-0.25, -0.2) is 8.78 Å². The fourth-order valence-electron chi connectivity index (χ4n) is 1.22. The zero-order valence-corrected chi connectivity index (χ0v) is 8.52. The van der Waals surface area contributed by atoms with Crippen molar-refractivity contribution in [3.05, 3.63) is 27.5 Å². The smallest absolute Gasteiger partial charge is 0.390 e. The highest BCUT2D eigenvalue weighted by molar-refractivity contribution is 5.32. The van der Waals surface area contributed by atoms with E-state index in [-0.39, 0.29) is 0 Å². The second-order valence-electron chi connectivity index (χ2n) is 3.08. The molecule has 0 unspecified atom stereocenters. The van der Waals surface area contributed by atoms with Gasteiger partial charge in [0.15, 0.2) is 0 Å². The number of halogens is 5. The maximum absolute atomic E-state index is 12.5. The highest BCUT2D eigenvalue weighted by atomic mass is 19.4. The summed E-state index contributed by atoms with van der Waals surface area (Å²) in [5.41, 5.74) is -2.75.